The first kappa shape index (κ1) is 14.8. The van der Waals surface area contributed by atoms with Crippen molar-refractivity contribution in [3.05, 3.63) is 41.3 Å². The Morgan fingerprint density at radius 3 is 2.65 bits per heavy atom. The molecule has 20 heavy (non-hydrogen) atoms. The molecule has 0 aliphatic heterocycles. The summed E-state index contributed by atoms with van der Waals surface area (Å²) < 4.78 is 5.87. The highest BCUT2D eigenvalue weighted by Gasteiger charge is 2.15. The van der Waals surface area contributed by atoms with Crippen molar-refractivity contribution in [2.75, 3.05) is 0 Å². The monoisotopic (exact) mass is 290 g/mol. The van der Waals surface area contributed by atoms with Crippen LogP contribution in [0.25, 0.3) is 11.3 Å². The van der Waals surface area contributed by atoms with Crippen LogP contribution in [0.15, 0.2) is 30.6 Å². The van der Waals surface area contributed by atoms with Gasteiger partial charge in [0.05, 0.1) is 11.8 Å². The van der Waals surface area contributed by atoms with Crippen molar-refractivity contribution < 1.29 is 4.74 Å². The second-order valence-corrected chi connectivity index (χ2v) is 5.26. The Kier molecular flexibility index (Phi) is 4.96. The van der Waals surface area contributed by atoms with Crippen LogP contribution in [0.1, 0.15) is 32.8 Å². The number of aromatic nitrogens is 2. The Morgan fingerprint density at radius 2 is 1.95 bits per heavy atom. The van der Waals surface area contributed by atoms with Crippen LogP contribution in [0.4, 0.5) is 0 Å². The van der Waals surface area contributed by atoms with Crippen molar-refractivity contribution in [1.29, 1.82) is 0 Å². The summed E-state index contributed by atoms with van der Waals surface area (Å²) in [6, 6.07) is 7.91. The van der Waals surface area contributed by atoms with Gasteiger partial charge in [0.25, 0.3) is 0 Å². The summed E-state index contributed by atoms with van der Waals surface area (Å²) in [5, 5.41) is 0.524. The van der Waals surface area contributed by atoms with Gasteiger partial charge in [0.15, 0.2) is 0 Å². The van der Waals surface area contributed by atoms with Crippen molar-refractivity contribution in [3.63, 3.8) is 0 Å². The van der Waals surface area contributed by atoms with E-state index >= 15 is 0 Å². The molecule has 1 aromatic carbocycles. The SMILES string of the molecule is CCCc1c(Cl)ncnc1-c1ccccc1OC(C)C. The van der Waals surface area contributed by atoms with Gasteiger partial charge in [-0.05, 0) is 32.4 Å². The van der Waals surface area contributed by atoms with Crippen LogP contribution in [0.2, 0.25) is 5.15 Å². The molecule has 106 valence electrons. The van der Waals surface area contributed by atoms with E-state index < -0.39 is 0 Å². The fourth-order valence-corrected chi connectivity index (χ4v) is 2.34. The molecule has 0 aliphatic carbocycles. The Balaban J connectivity index is 2.54. The summed E-state index contributed by atoms with van der Waals surface area (Å²) in [6.07, 6.45) is 3.46. The van der Waals surface area contributed by atoms with Crippen molar-refractivity contribution in [3.8, 4) is 17.0 Å². The number of ether oxygens (including phenoxy) is 1. The predicted octanol–water partition coefficient (Wildman–Crippen LogP) is 4.54. The molecular formula is C16H19ClN2O. The lowest BCUT2D eigenvalue weighted by molar-refractivity contribution is 0.243. The van der Waals surface area contributed by atoms with Gasteiger partial charge in [0.1, 0.15) is 17.2 Å². The minimum Gasteiger partial charge on any atom is -0.490 e. The van der Waals surface area contributed by atoms with E-state index in [-0.39, 0.29) is 6.10 Å². The van der Waals surface area contributed by atoms with E-state index in [9.17, 15) is 0 Å². The highest BCUT2D eigenvalue weighted by Crippen LogP contribution is 2.33. The van der Waals surface area contributed by atoms with Crippen LogP contribution < -0.4 is 4.74 Å². The molecule has 0 atom stereocenters. The molecule has 1 heterocycles. The molecule has 2 aromatic rings. The van der Waals surface area contributed by atoms with E-state index in [1.807, 2.05) is 38.1 Å². The van der Waals surface area contributed by atoms with Gasteiger partial charge in [-0.1, -0.05) is 37.1 Å². The summed E-state index contributed by atoms with van der Waals surface area (Å²) >= 11 is 6.22. The zero-order chi connectivity index (χ0) is 14.5. The maximum atomic E-state index is 6.22. The Labute approximate surface area is 125 Å². The molecule has 0 N–H and O–H groups in total. The topological polar surface area (TPSA) is 35.0 Å². The van der Waals surface area contributed by atoms with E-state index in [4.69, 9.17) is 16.3 Å². The van der Waals surface area contributed by atoms with Gasteiger partial charge in [0, 0.05) is 11.1 Å². The van der Waals surface area contributed by atoms with E-state index in [0.29, 0.717) is 5.15 Å². The third-order valence-corrected chi connectivity index (χ3v) is 3.22. The average molecular weight is 291 g/mol. The first-order chi connectivity index (χ1) is 9.63. The number of hydrogen-bond acceptors (Lipinski definition) is 3. The maximum Gasteiger partial charge on any atom is 0.136 e. The fourth-order valence-electron chi connectivity index (χ4n) is 2.11. The molecule has 0 aliphatic rings. The molecule has 4 heteroatoms. The quantitative estimate of drug-likeness (QED) is 0.759. The summed E-state index contributed by atoms with van der Waals surface area (Å²) in [6.45, 7) is 6.14. The Bertz CT molecular complexity index is 584. The van der Waals surface area contributed by atoms with Crippen LogP contribution in [0.5, 0.6) is 5.75 Å². The number of halogens is 1. The second kappa shape index (κ2) is 6.71. The zero-order valence-electron chi connectivity index (χ0n) is 12.1. The average Bonchev–Trinajstić information content (AvgIpc) is 2.41. The second-order valence-electron chi connectivity index (χ2n) is 4.90. The summed E-state index contributed by atoms with van der Waals surface area (Å²) in [5.41, 5.74) is 2.81. The summed E-state index contributed by atoms with van der Waals surface area (Å²) in [5.74, 6) is 0.828. The lowest BCUT2D eigenvalue weighted by Crippen LogP contribution is -2.07. The normalized spacial score (nSPS) is 10.8. The van der Waals surface area contributed by atoms with Gasteiger partial charge < -0.3 is 4.74 Å². The lowest BCUT2D eigenvalue weighted by atomic mass is 10.0. The number of hydrogen-bond donors (Lipinski definition) is 0. The van der Waals surface area contributed by atoms with E-state index in [1.165, 1.54) is 6.33 Å². The molecule has 0 fully saturated rings. The van der Waals surface area contributed by atoms with Crippen molar-refractivity contribution in [1.82, 2.24) is 9.97 Å². The molecule has 0 saturated carbocycles. The number of rotatable bonds is 5. The molecule has 3 nitrogen and oxygen atoms in total. The minimum atomic E-state index is 0.114. The van der Waals surface area contributed by atoms with Crippen LogP contribution in [-0.2, 0) is 6.42 Å². The molecular weight excluding hydrogens is 272 g/mol. The molecule has 2 rings (SSSR count). The zero-order valence-corrected chi connectivity index (χ0v) is 12.8. The third-order valence-electron chi connectivity index (χ3n) is 2.90. The largest absolute Gasteiger partial charge is 0.490 e. The van der Waals surface area contributed by atoms with Gasteiger partial charge in [0.2, 0.25) is 0 Å². The highest BCUT2D eigenvalue weighted by molar-refractivity contribution is 6.30. The van der Waals surface area contributed by atoms with Crippen LogP contribution in [-0.4, -0.2) is 16.1 Å². The highest BCUT2D eigenvalue weighted by atomic mass is 35.5. The number of para-hydroxylation sites is 1. The van der Waals surface area contributed by atoms with Gasteiger partial charge in [-0.2, -0.15) is 0 Å². The standard InChI is InChI=1S/C16H19ClN2O/c1-4-7-13-15(18-10-19-16(13)17)12-8-5-6-9-14(12)20-11(2)3/h5-6,8-11H,4,7H2,1-3H3. The Hall–Kier alpha value is -1.61. The molecule has 0 amide bonds. The van der Waals surface area contributed by atoms with Crippen LogP contribution >= 0.6 is 11.6 Å². The first-order valence-electron chi connectivity index (χ1n) is 6.89. The first-order valence-corrected chi connectivity index (χ1v) is 7.26. The van der Waals surface area contributed by atoms with E-state index in [0.717, 1.165) is 35.4 Å². The van der Waals surface area contributed by atoms with Gasteiger partial charge in [-0.15, -0.1) is 0 Å². The molecule has 0 radical (unpaired) electrons. The maximum absolute atomic E-state index is 6.22. The van der Waals surface area contributed by atoms with E-state index in [1.54, 1.807) is 0 Å². The Morgan fingerprint density at radius 1 is 1.20 bits per heavy atom. The van der Waals surface area contributed by atoms with E-state index in [2.05, 4.69) is 16.9 Å². The van der Waals surface area contributed by atoms with Crippen molar-refractivity contribution >= 4 is 11.6 Å². The lowest BCUT2D eigenvalue weighted by Gasteiger charge is -2.16. The molecule has 1 aromatic heterocycles. The fraction of sp³-hybridized carbons (Fsp3) is 0.375. The third kappa shape index (κ3) is 3.28. The minimum absolute atomic E-state index is 0.114. The summed E-state index contributed by atoms with van der Waals surface area (Å²) in [4.78, 5) is 8.51. The van der Waals surface area contributed by atoms with Gasteiger partial charge in [-0.3, -0.25) is 0 Å². The van der Waals surface area contributed by atoms with Gasteiger partial charge >= 0.3 is 0 Å². The number of benzene rings is 1. The van der Waals surface area contributed by atoms with Crippen molar-refractivity contribution in [2.24, 2.45) is 0 Å². The van der Waals surface area contributed by atoms with Gasteiger partial charge in [-0.25, -0.2) is 9.97 Å². The molecule has 0 saturated heterocycles. The summed E-state index contributed by atoms with van der Waals surface area (Å²) in [7, 11) is 0. The molecule has 0 unspecified atom stereocenters. The van der Waals surface area contributed by atoms with Crippen LogP contribution in [0, 0.1) is 0 Å². The molecule has 0 spiro atoms. The van der Waals surface area contributed by atoms with Crippen LogP contribution in [0.3, 0.4) is 0 Å². The van der Waals surface area contributed by atoms with Crippen molar-refractivity contribution in [2.45, 2.75) is 39.7 Å². The number of nitrogens with zero attached hydrogens (tertiary/aromatic N) is 2. The smallest absolute Gasteiger partial charge is 0.136 e. The molecule has 0 bridgehead atoms. The predicted molar refractivity (Wildman–Crippen MR) is 82.2 cm³/mol.